The Bertz CT molecular complexity index is 977. The molecule has 0 saturated carbocycles. The van der Waals surface area contributed by atoms with Gasteiger partial charge in [-0.25, -0.2) is 4.79 Å². The summed E-state index contributed by atoms with van der Waals surface area (Å²) in [5.41, 5.74) is 0.0805. The molecule has 9 heteroatoms. The molecule has 0 fully saturated rings. The van der Waals surface area contributed by atoms with Crippen molar-refractivity contribution in [2.24, 2.45) is 0 Å². The molecule has 0 bridgehead atoms. The van der Waals surface area contributed by atoms with Crippen molar-refractivity contribution in [3.63, 3.8) is 0 Å². The lowest BCUT2D eigenvalue weighted by molar-refractivity contribution is -0.137. The molecule has 0 saturated heterocycles. The molecule has 0 unspecified atom stereocenters. The van der Waals surface area contributed by atoms with Gasteiger partial charge in [-0.1, -0.05) is 6.07 Å². The minimum Gasteiger partial charge on any atom is -0.462 e. The Morgan fingerprint density at radius 2 is 1.82 bits per heavy atom. The fraction of sp³-hybridized carbons (Fsp3) is 0.158. The highest BCUT2D eigenvalue weighted by molar-refractivity contribution is 7.17. The average molecular weight is 425 g/mol. The molecule has 2 aromatic heterocycles. The molecule has 1 amide bonds. The summed E-state index contributed by atoms with van der Waals surface area (Å²) in [5, 5.41) is 6.49. The number of carbonyl (C=O) groups is 2. The van der Waals surface area contributed by atoms with Crippen molar-refractivity contribution >= 4 is 39.6 Å². The smallest absolute Gasteiger partial charge is 0.416 e. The molecule has 0 radical (unpaired) electrons. The summed E-state index contributed by atoms with van der Waals surface area (Å²) >= 11 is 2.59. The Morgan fingerprint density at radius 1 is 1.11 bits per heavy atom. The number of amides is 1. The molecule has 3 aromatic rings. The zero-order valence-electron chi connectivity index (χ0n) is 14.5. The fourth-order valence-corrected chi connectivity index (χ4v) is 4.22. The summed E-state index contributed by atoms with van der Waals surface area (Å²) in [6, 6.07) is 7.55. The zero-order chi connectivity index (χ0) is 20.3. The molecule has 0 atom stereocenters. The third-order valence-corrected chi connectivity index (χ3v) is 5.56. The van der Waals surface area contributed by atoms with Gasteiger partial charge in [0.15, 0.2) is 0 Å². The Morgan fingerprint density at radius 3 is 2.39 bits per heavy atom. The number of hydrogen-bond acceptors (Lipinski definition) is 5. The van der Waals surface area contributed by atoms with Crippen LogP contribution >= 0.6 is 22.7 Å². The molecule has 1 N–H and O–H groups in total. The van der Waals surface area contributed by atoms with Gasteiger partial charge in [0.1, 0.15) is 10.6 Å². The number of benzene rings is 1. The van der Waals surface area contributed by atoms with Crippen molar-refractivity contribution in [3.8, 4) is 10.4 Å². The van der Waals surface area contributed by atoms with Crippen molar-refractivity contribution in [2.75, 3.05) is 11.9 Å². The number of carbonyl (C=O) groups excluding carboxylic acids is 2. The molecule has 1 aromatic carbocycles. The summed E-state index contributed by atoms with van der Waals surface area (Å²) in [7, 11) is 0. The predicted octanol–water partition coefficient (Wildman–Crippen LogP) is 5.92. The molecule has 2 heterocycles. The van der Waals surface area contributed by atoms with Crippen LogP contribution < -0.4 is 5.32 Å². The van der Waals surface area contributed by atoms with Crippen LogP contribution in [-0.2, 0) is 10.9 Å². The Hall–Kier alpha value is -2.65. The SMILES string of the molecule is CCOC(=O)c1c(-c2cccs2)csc1NC(=O)c1ccc(C(F)(F)F)cc1. The van der Waals surface area contributed by atoms with Crippen LogP contribution in [0.5, 0.6) is 0 Å². The maximum atomic E-state index is 12.7. The number of esters is 1. The number of anilines is 1. The third-order valence-electron chi connectivity index (χ3n) is 3.76. The Labute approximate surface area is 166 Å². The van der Waals surface area contributed by atoms with Crippen molar-refractivity contribution in [1.29, 1.82) is 0 Å². The van der Waals surface area contributed by atoms with Crippen molar-refractivity contribution in [1.82, 2.24) is 0 Å². The molecule has 0 aliphatic carbocycles. The van der Waals surface area contributed by atoms with Gasteiger partial charge in [-0.05, 0) is 42.6 Å². The first-order valence-electron chi connectivity index (χ1n) is 8.12. The molecule has 146 valence electrons. The van der Waals surface area contributed by atoms with E-state index in [9.17, 15) is 22.8 Å². The largest absolute Gasteiger partial charge is 0.462 e. The van der Waals surface area contributed by atoms with E-state index in [0.717, 1.165) is 40.5 Å². The first kappa shape index (κ1) is 20.1. The second-order valence-corrected chi connectivity index (χ2v) is 7.41. The fourth-order valence-electron chi connectivity index (χ4n) is 2.45. The van der Waals surface area contributed by atoms with Gasteiger partial charge in [0.2, 0.25) is 0 Å². The first-order valence-corrected chi connectivity index (χ1v) is 9.88. The highest BCUT2D eigenvalue weighted by Crippen LogP contribution is 2.38. The number of nitrogens with one attached hydrogen (secondary N) is 1. The third kappa shape index (κ3) is 4.26. The molecular weight excluding hydrogens is 411 g/mol. The van der Waals surface area contributed by atoms with Gasteiger partial charge in [0.25, 0.3) is 5.91 Å². The number of halogens is 3. The molecule has 28 heavy (non-hydrogen) atoms. The molecular formula is C19H14F3NO3S2. The Kier molecular flexibility index (Phi) is 5.85. The highest BCUT2D eigenvalue weighted by Gasteiger charge is 2.30. The zero-order valence-corrected chi connectivity index (χ0v) is 16.1. The van der Waals surface area contributed by atoms with Gasteiger partial charge in [0, 0.05) is 21.4 Å². The van der Waals surface area contributed by atoms with Crippen molar-refractivity contribution in [2.45, 2.75) is 13.1 Å². The normalized spacial score (nSPS) is 11.3. The molecule has 0 aliphatic rings. The van der Waals surface area contributed by atoms with Crippen molar-refractivity contribution < 1.29 is 27.5 Å². The van der Waals surface area contributed by atoms with E-state index in [1.54, 1.807) is 12.3 Å². The predicted molar refractivity (Wildman–Crippen MR) is 103 cm³/mol. The number of rotatable bonds is 5. The van der Waals surface area contributed by atoms with Crippen LogP contribution in [0.3, 0.4) is 0 Å². The van der Waals surface area contributed by atoms with E-state index in [-0.39, 0.29) is 22.7 Å². The van der Waals surface area contributed by atoms with Gasteiger partial charge < -0.3 is 10.1 Å². The highest BCUT2D eigenvalue weighted by atomic mass is 32.1. The molecule has 0 aliphatic heterocycles. The Balaban J connectivity index is 1.89. The van der Waals surface area contributed by atoms with Gasteiger partial charge >= 0.3 is 12.1 Å². The van der Waals surface area contributed by atoms with Crippen LogP contribution in [0.4, 0.5) is 18.2 Å². The van der Waals surface area contributed by atoms with Crippen LogP contribution in [-0.4, -0.2) is 18.5 Å². The number of ether oxygens (including phenoxy) is 1. The second kappa shape index (κ2) is 8.15. The quantitative estimate of drug-likeness (QED) is 0.516. The van der Waals surface area contributed by atoms with Crippen LogP contribution in [0.15, 0.2) is 47.2 Å². The van der Waals surface area contributed by atoms with E-state index >= 15 is 0 Å². The van der Waals surface area contributed by atoms with Crippen LogP contribution in [0.1, 0.15) is 33.2 Å². The minimum absolute atomic E-state index is 0.0499. The maximum Gasteiger partial charge on any atom is 0.416 e. The topological polar surface area (TPSA) is 55.4 Å². The standard InChI is InChI=1S/C19H14F3NO3S2/c1-2-26-18(25)15-13(14-4-3-9-27-14)10-28-17(15)23-16(24)11-5-7-12(8-6-11)19(20,21)22/h3-10H,2H2,1H3,(H,23,24). The summed E-state index contributed by atoms with van der Waals surface area (Å²) < 4.78 is 43.1. The monoisotopic (exact) mass is 425 g/mol. The van der Waals surface area contributed by atoms with Gasteiger partial charge in [0.05, 0.1) is 12.2 Å². The average Bonchev–Trinajstić information content (AvgIpc) is 3.30. The van der Waals surface area contributed by atoms with E-state index in [1.807, 2.05) is 17.5 Å². The molecule has 0 spiro atoms. The summed E-state index contributed by atoms with van der Waals surface area (Å²) in [6.45, 7) is 1.85. The second-order valence-electron chi connectivity index (χ2n) is 5.58. The maximum absolute atomic E-state index is 12.7. The van der Waals surface area contributed by atoms with Crippen LogP contribution in [0, 0.1) is 0 Å². The van der Waals surface area contributed by atoms with Crippen molar-refractivity contribution in [3.05, 3.63) is 63.8 Å². The van der Waals surface area contributed by atoms with Gasteiger partial charge in [-0.3, -0.25) is 4.79 Å². The van der Waals surface area contributed by atoms with Gasteiger partial charge in [-0.2, -0.15) is 13.2 Å². The summed E-state index contributed by atoms with van der Waals surface area (Å²) in [5.74, 6) is -1.19. The summed E-state index contributed by atoms with van der Waals surface area (Å²) in [6.07, 6.45) is -4.48. The number of hydrogen-bond donors (Lipinski definition) is 1. The van der Waals surface area contributed by atoms with Crippen LogP contribution in [0.2, 0.25) is 0 Å². The van der Waals surface area contributed by atoms with E-state index in [1.165, 1.54) is 11.3 Å². The minimum atomic E-state index is -4.48. The van der Waals surface area contributed by atoms with E-state index in [0.29, 0.717) is 5.56 Å². The van der Waals surface area contributed by atoms with E-state index in [4.69, 9.17) is 4.74 Å². The molecule has 3 rings (SSSR count). The molecule has 4 nitrogen and oxygen atoms in total. The lowest BCUT2D eigenvalue weighted by Gasteiger charge is -2.09. The summed E-state index contributed by atoms with van der Waals surface area (Å²) in [4.78, 5) is 25.7. The van der Waals surface area contributed by atoms with Crippen LogP contribution in [0.25, 0.3) is 10.4 Å². The van der Waals surface area contributed by atoms with E-state index in [2.05, 4.69) is 5.32 Å². The first-order chi connectivity index (χ1) is 13.3. The van der Waals surface area contributed by atoms with E-state index < -0.39 is 23.6 Å². The number of thiophene rings is 2. The van der Waals surface area contributed by atoms with Gasteiger partial charge in [-0.15, -0.1) is 22.7 Å². The number of alkyl halides is 3. The lowest BCUT2D eigenvalue weighted by Crippen LogP contribution is -2.15. The lowest BCUT2D eigenvalue weighted by atomic mass is 10.1.